The first-order valence-electron chi connectivity index (χ1n) is 6.21. The molecular weight excluding hydrogens is 274 g/mol. The van der Waals surface area contributed by atoms with Crippen molar-refractivity contribution >= 4 is 34.7 Å². The van der Waals surface area contributed by atoms with Gasteiger partial charge in [0.2, 0.25) is 0 Å². The molecule has 0 radical (unpaired) electrons. The number of nitrogens with one attached hydrogen (secondary N) is 2. The number of hydrogen-bond acceptors (Lipinski definition) is 3. The van der Waals surface area contributed by atoms with E-state index in [9.17, 15) is 9.59 Å². The summed E-state index contributed by atoms with van der Waals surface area (Å²) in [5.41, 5.74) is 0.728. The molecule has 6 heteroatoms. The first kappa shape index (κ1) is 14.2. The Bertz CT molecular complexity index is 569. The summed E-state index contributed by atoms with van der Waals surface area (Å²) < 4.78 is 0. The van der Waals surface area contributed by atoms with Gasteiger partial charge in [0.15, 0.2) is 10.9 Å². The number of nitrogens with zero attached hydrogens (tertiary/aromatic N) is 1. The molecule has 0 atom stereocenters. The predicted octanol–water partition coefficient (Wildman–Crippen LogP) is 1.29. The van der Waals surface area contributed by atoms with E-state index in [2.05, 4.69) is 10.6 Å². The Morgan fingerprint density at radius 2 is 2.05 bits per heavy atom. The Morgan fingerprint density at radius 3 is 2.60 bits per heavy atom. The Labute approximate surface area is 122 Å². The summed E-state index contributed by atoms with van der Waals surface area (Å²) in [6, 6.07) is 9.00. The summed E-state index contributed by atoms with van der Waals surface area (Å²) in [6.45, 7) is 2.72. The van der Waals surface area contributed by atoms with Crippen LogP contribution in [0.2, 0.25) is 0 Å². The van der Waals surface area contributed by atoms with Crippen molar-refractivity contribution in [2.24, 2.45) is 0 Å². The lowest BCUT2D eigenvalue weighted by Crippen LogP contribution is -2.27. The van der Waals surface area contributed by atoms with E-state index in [0.29, 0.717) is 23.9 Å². The number of rotatable bonds is 4. The molecule has 20 heavy (non-hydrogen) atoms. The van der Waals surface area contributed by atoms with Crippen molar-refractivity contribution in [3.63, 3.8) is 0 Å². The highest BCUT2D eigenvalue weighted by atomic mass is 32.1. The van der Waals surface area contributed by atoms with E-state index >= 15 is 0 Å². The predicted molar refractivity (Wildman–Crippen MR) is 81.1 cm³/mol. The van der Waals surface area contributed by atoms with E-state index in [1.807, 2.05) is 18.2 Å². The van der Waals surface area contributed by atoms with Gasteiger partial charge in [0.05, 0.1) is 5.57 Å². The molecule has 0 saturated carbocycles. The number of anilines is 1. The molecule has 1 saturated heterocycles. The van der Waals surface area contributed by atoms with Crippen LogP contribution in [0, 0.1) is 0 Å². The first-order chi connectivity index (χ1) is 9.58. The quantitative estimate of drug-likeness (QED) is 0.378. The minimum atomic E-state index is -0.432. The molecule has 1 aromatic rings. The number of ketones is 1. The van der Waals surface area contributed by atoms with Gasteiger partial charge in [-0.3, -0.25) is 9.59 Å². The number of amides is 1. The number of hydrogen-bond donors (Lipinski definition) is 2. The molecule has 0 aromatic heterocycles. The van der Waals surface area contributed by atoms with Crippen LogP contribution >= 0.6 is 12.2 Å². The van der Waals surface area contributed by atoms with Gasteiger partial charge in [0, 0.05) is 25.0 Å². The fraction of sp³-hybridized carbons (Fsp3) is 0.214. The molecule has 1 amide bonds. The monoisotopic (exact) mass is 289 g/mol. The molecule has 2 N–H and O–H groups in total. The fourth-order valence-corrected chi connectivity index (χ4v) is 2.04. The maximum atomic E-state index is 12.2. The van der Waals surface area contributed by atoms with Gasteiger partial charge in [-0.2, -0.15) is 0 Å². The Balaban J connectivity index is 2.16. The minimum Gasteiger partial charge on any atom is -0.360 e. The van der Waals surface area contributed by atoms with Crippen molar-refractivity contribution < 1.29 is 9.59 Å². The van der Waals surface area contributed by atoms with Crippen LogP contribution in [0.1, 0.15) is 6.92 Å². The van der Waals surface area contributed by atoms with Crippen LogP contribution in [0.5, 0.6) is 0 Å². The summed E-state index contributed by atoms with van der Waals surface area (Å²) in [5, 5.41) is 6.19. The molecule has 1 aliphatic heterocycles. The van der Waals surface area contributed by atoms with Gasteiger partial charge in [-0.25, -0.2) is 0 Å². The highest BCUT2D eigenvalue weighted by Gasteiger charge is 2.20. The Hall–Kier alpha value is -2.21. The normalized spacial score (nSPS) is 14.9. The molecule has 5 nitrogen and oxygen atoms in total. The molecule has 0 bridgehead atoms. The summed E-state index contributed by atoms with van der Waals surface area (Å²) in [4.78, 5) is 25.5. The second-order valence-corrected chi connectivity index (χ2v) is 4.73. The topological polar surface area (TPSA) is 61.4 Å². The third-order valence-corrected chi connectivity index (χ3v) is 3.21. The second-order valence-electron chi connectivity index (χ2n) is 4.34. The van der Waals surface area contributed by atoms with Gasteiger partial charge in [0.1, 0.15) is 0 Å². The van der Waals surface area contributed by atoms with Crippen molar-refractivity contribution in [3.8, 4) is 0 Å². The van der Waals surface area contributed by atoms with Gasteiger partial charge >= 0.3 is 0 Å². The summed E-state index contributed by atoms with van der Waals surface area (Å²) in [7, 11) is 0. The smallest absolute Gasteiger partial charge is 0.260 e. The van der Waals surface area contributed by atoms with Crippen molar-refractivity contribution in [1.82, 2.24) is 10.2 Å². The highest BCUT2D eigenvalue weighted by Crippen LogP contribution is 2.10. The lowest BCUT2D eigenvalue weighted by molar-refractivity contribution is -0.119. The minimum absolute atomic E-state index is 0.0832. The maximum Gasteiger partial charge on any atom is 0.260 e. The standard InChI is InChI=1S/C14H15N3O2S/c1-10(18)12(9-17-8-7-15-14(17)20)13(19)16-11-5-3-2-4-6-11/h2-6,9H,7-8H2,1H3,(H,15,20)(H,16,19)/b12-9+. The lowest BCUT2D eigenvalue weighted by atomic mass is 10.1. The molecule has 1 fully saturated rings. The van der Waals surface area contributed by atoms with E-state index in [4.69, 9.17) is 12.2 Å². The van der Waals surface area contributed by atoms with Crippen LogP contribution in [-0.4, -0.2) is 34.8 Å². The Morgan fingerprint density at radius 1 is 1.35 bits per heavy atom. The Kier molecular flexibility index (Phi) is 4.47. The van der Waals surface area contributed by atoms with Gasteiger partial charge in [-0.1, -0.05) is 18.2 Å². The number of carbonyl (C=O) groups is 2. The van der Waals surface area contributed by atoms with Gasteiger partial charge in [-0.05, 0) is 31.3 Å². The van der Waals surface area contributed by atoms with Gasteiger partial charge in [0.25, 0.3) is 5.91 Å². The van der Waals surface area contributed by atoms with E-state index in [1.165, 1.54) is 13.1 Å². The van der Waals surface area contributed by atoms with Crippen LogP contribution < -0.4 is 10.6 Å². The van der Waals surface area contributed by atoms with Gasteiger partial charge in [-0.15, -0.1) is 0 Å². The average molecular weight is 289 g/mol. The van der Waals surface area contributed by atoms with Crippen molar-refractivity contribution in [2.45, 2.75) is 6.92 Å². The van der Waals surface area contributed by atoms with E-state index in [0.717, 1.165) is 0 Å². The number of Topliss-reactive ketones (excluding diaryl/α,β-unsaturated/α-hetero) is 1. The SMILES string of the molecule is CC(=O)/C(=C\N1CCNC1=S)C(=O)Nc1ccccc1. The zero-order valence-electron chi connectivity index (χ0n) is 11.1. The molecule has 1 aliphatic rings. The largest absolute Gasteiger partial charge is 0.360 e. The van der Waals surface area contributed by atoms with E-state index in [1.54, 1.807) is 17.0 Å². The lowest BCUT2D eigenvalue weighted by Gasteiger charge is -2.13. The van der Waals surface area contributed by atoms with Crippen LogP contribution in [0.3, 0.4) is 0 Å². The van der Waals surface area contributed by atoms with Gasteiger partial charge < -0.3 is 15.5 Å². The first-order valence-corrected chi connectivity index (χ1v) is 6.62. The van der Waals surface area contributed by atoms with E-state index < -0.39 is 5.91 Å². The summed E-state index contributed by atoms with van der Waals surface area (Å²) in [6.07, 6.45) is 1.50. The summed E-state index contributed by atoms with van der Waals surface area (Å²) in [5.74, 6) is -0.730. The fourth-order valence-electron chi connectivity index (χ4n) is 1.79. The van der Waals surface area contributed by atoms with Crippen molar-refractivity contribution in [3.05, 3.63) is 42.1 Å². The van der Waals surface area contributed by atoms with Crippen LogP contribution in [0.15, 0.2) is 42.1 Å². The van der Waals surface area contributed by atoms with Crippen LogP contribution in [-0.2, 0) is 9.59 Å². The van der Waals surface area contributed by atoms with Crippen LogP contribution in [0.25, 0.3) is 0 Å². The number of benzene rings is 1. The van der Waals surface area contributed by atoms with Crippen molar-refractivity contribution in [2.75, 3.05) is 18.4 Å². The third kappa shape index (κ3) is 3.42. The van der Waals surface area contributed by atoms with Crippen LogP contribution in [0.4, 0.5) is 5.69 Å². The zero-order valence-corrected chi connectivity index (χ0v) is 11.9. The number of para-hydroxylation sites is 1. The molecular formula is C14H15N3O2S. The summed E-state index contributed by atoms with van der Waals surface area (Å²) >= 11 is 5.09. The maximum absolute atomic E-state index is 12.2. The highest BCUT2D eigenvalue weighted by molar-refractivity contribution is 7.80. The molecule has 2 rings (SSSR count). The average Bonchev–Trinajstić information content (AvgIpc) is 2.82. The molecule has 104 valence electrons. The third-order valence-electron chi connectivity index (χ3n) is 2.83. The number of thiocarbonyl (C=S) groups is 1. The molecule has 1 heterocycles. The number of carbonyl (C=O) groups excluding carboxylic acids is 2. The molecule has 0 unspecified atom stereocenters. The molecule has 0 aliphatic carbocycles. The van der Waals surface area contributed by atoms with E-state index in [-0.39, 0.29) is 11.4 Å². The molecule has 0 spiro atoms. The molecule has 1 aromatic carbocycles. The van der Waals surface area contributed by atoms with Crippen molar-refractivity contribution in [1.29, 1.82) is 0 Å². The second kappa shape index (κ2) is 6.29. The zero-order chi connectivity index (χ0) is 14.5.